The van der Waals surface area contributed by atoms with Gasteiger partial charge in [0, 0.05) is 11.8 Å². The van der Waals surface area contributed by atoms with Crippen LogP contribution in [0.1, 0.15) is 25.5 Å². The number of nitrogens with two attached hydrogens (primary N) is 1. The van der Waals surface area contributed by atoms with Gasteiger partial charge in [0.15, 0.2) is 0 Å². The summed E-state index contributed by atoms with van der Waals surface area (Å²) >= 11 is 0. The molecule has 1 atom stereocenters. The van der Waals surface area contributed by atoms with Crippen LogP contribution >= 0.6 is 0 Å². The lowest BCUT2D eigenvalue weighted by Crippen LogP contribution is -2.31. The van der Waals surface area contributed by atoms with Crippen LogP contribution in [0.3, 0.4) is 0 Å². The molecule has 0 fully saturated rings. The second-order valence-electron chi connectivity index (χ2n) is 5.81. The van der Waals surface area contributed by atoms with Crippen LogP contribution in [0.5, 0.6) is 0 Å². The van der Waals surface area contributed by atoms with E-state index in [1.165, 1.54) is 12.1 Å². The highest BCUT2D eigenvalue weighted by Crippen LogP contribution is 2.39. The molecule has 2 aliphatic rings. The second-order valence-corrected chi connectivity index (χ2v) is 5.81. The molecule has 1 unspecified atom stereocenters. The molecule has 4 nitrogen and oxygen atoms in total. The van der Waals surface area contributed by atoms with Gasteiger partial charge in [0.2, 0.25) is 5.91 Å². The fourth-order valence-electron chi connectivity index (χ4n) is 3.06. The maximum absolute atomic E-state index is 13.3. The maximum Gasteiger partial charge on any atom is 0.250 e. The molecule has 3 N–H and O–H groups in total. The fraction of sp³-hybridized carbons (Fsp3) is 0.136. The third kappa shape index (κ3) is 4.08. The van der Waals surface area contributed by atoms with Crippen molar-refractivity contribution in [1.29, 1.82) is 0 Å². The van der Waals surface area contributed by atoms with E-state index in [-0.39, 0.29) is 11.9 Å². The second kappa shape index (κ2) is 8.84. The summed E-state index contributed by atoms with van der Waals surface area (Å²) in [6.45, 7) is 3.94. The van der Waals surface area contributed by atoms with E-state index in [1.54, 1.807) is 29.4 Å². The smallest absolute Gasteiger partial charge is 0.250 e. The minimum atomic E-state index is -0.483. The number of primary amides is 1. The zero-order chi connectivity index (χ0) is 20.0. The Bertz CT molecular complexity index is 886. The first-order valence-corrected chi connectivity index (χ1v) is 8.42. The lowest BCUT2D eigenvalue weighted by Gasteiger charge is -2.21. The summed E-state index contributed by atoms with van der Waals surface area (Å²) in [7, 11) is 0. The van der Waals surface area contributed by atoms with E-state index in [1.807, 2.05) is 38.2 Å². The highest BCUT2D eigenvalue weighted by atomic mass is 19.1. The Morgan fingerprint density at radius 1 is 1.22 bits per heavy atom. The molecule has 0 bridgehead atoms. The molecule has 1 aromatic carbocycles. The van der Waals surface area contributed by atoms with Gasteiger partial charge in [0.25, 0.3) is 0 Å². The molecule has 27 heavy (non-hydrogen) atoms. The number of benzene rings is 1. The number of rotatable bonds is 4. The van der Waals surface area contributed by atoms with E-state index in [4.69, 9.17) is 5.73 Å². The number of halogens is 1. The maximum atomic E-state index is 13.3. The molecular weight excluding hydrogens is 341 g/mol. The Balaban J connectivity index is 0.00000126. The van der Waals surface area contributed by atoms with Crippen molar-refractivity contribution in [3.05, 3.63) is 94.6 Å². The van der Waals surface area contributed by atoms with E-state index in [0.29, 0.717) is 5.57 Å². The van der Waals surface area contributed by atoms with Crippen molar-refractivity contribution in [2.45, 2.75) is 19.9 Å². The number of amides is 1. The molecule has 0 saturated carbocycles. The van der Waals surface area contributed by atoms with Crippen LogP contribution in [0.2, 0.25) is 0 Å². The summed E-state index contributed by atoms with van der Waals surface area (Å²) in [5, 5.41) is 1.80. The van der Waals surface area contributed by atoms with Crippen molar-refractivity contribution in [3.8, 4) is 12.8 Å². The fourth-order valence-corrected chi connectivity index (χ4v) is 3.06. The predicted molar refractivity (Wildman–Crippen MR) is 106 cm³/mol. The van der Waals surface area contributed by atoms with Gasteiger partial charge in [-0.3, -0.25) is 9.80 Å². The van der Waals surface area contributed by atoms with Gasteiger partial charge >= 0.3 is 0 Å². The largest absolute Gasteiger partial charge is 0.366 e. The van der Waals surface area contributed by atoms with Crippen molar-refractivity contribution in [2.75, 3.05) is 0 Å². The van der Waals surface area contributed by atoms with Gasteiger partial charge in [-0.05, 0) is 49.3 Å². The van der Waals surface area contributed by atoms with Gasteiger partial charge in [0.1, 0.15) is 5.82 Å². The predicted octanol–water partition coefficient (Wildman–Crippen LogP) is 3.65. The Kier molecular flexibility index (Phi) is 6.53. The molecule has 3 rings (SSSR count). The third-order valence-corrected chi connectivity index (χ3v) is 4.24. The lowest BCUT2D eigenvalue weighted by atomic mass is 9.91. The van der Waals surface area contributed by atoms with Crippen LogP contribution in [0, 0.1) is 18.7 Å². The molecule has 2 aliphatic heterocycles. The molecule has 1 amide bonds. The Morgan fingerprint density at radius 2 is 1.89 bits per heavy atom. The van der Waals surface area contributed by atoms with Crippen LogP contribution in [0.4, 0.5) is 4.39 Å². The van der Waals surface area contributed by atoms with Gasteiger partial charge in [-0.25, -0.2) is 9.82 Å². The topological polar surface area (TPSA) is 58.4 Å². The molecule has 0 aliphatic carbocycles. The van der Waals surface area contributed by atoms with E-state index in [2.05, 4.69) is 18.3 Å². The number of hydrogen-bond acceptors (Lipinski definition) is 3. The lowest BCUT2D eigenvalue weighted by molar-refractivity contribution is -0.114. The number of hydrazine groups is 1. The minimum absolute atomic E-state index is 0.161. The Morgan fingerprint density at radius 3 is 2.44 bits per heavy atom. The molecule has 0 aromatic heterocycles. The average Bonchev–Trinajstić information content (AvgIpc) is 3.06. The first kappa shape index (κ1) is 20.0. The highest BCUT2D eigenvalue weighted by molar-refractivity contribution is 5.95. The Hall–Kier alpha value is -3.36. The minimum Gasteiger partial charge on any atom is -0.366 e. The molecule has 0 saturated heterocycles. The number of nitrogens with one attached hydrogen (secondary N) is 1. The summed E-state index contributed by atoms with van der Waals surface area (Å²) in [5.74, 6) is -0.757. The van der Waals surface area contributed by atoms with Crippen molar-refractivity contribution in [2.24, 2.45) is 5.73 Å². The number of fused-ring (bicyclic) bond motifs is 1. The number of allylic oxidation sites excluding steroid dienone is 4. The SMILES string of the molecule is C#C.C/C=C\C(=C/C)C1=C2C=CC(C(N)=O)=CN2NC1c1ccc(F)cc1. The standard InChI is InChI=1S/C20H20FN3O.C2H2/c1-3-5-13(4-2)18-17-11-8-15(20(22)25)12-24(17)23-19(18)14-6-9-16(21)10-7-14;1-2/h3-12,19,23H,1-2H3,(H2,22,25);1-2H/b5-3-,13-4+;. The number of terminal acetylenes is 1. The first-order chi connectivity index (χ1) is 13.0. The van der Waals surface area contributed by atoms with Crippen molar-refractivity contribution < 1.29 is 9.18 Å². The van der Waals surface area contributed by atoms with E-state index >= 15 is 0 Å². The van der Waals surface area contributed by atoms with Crippen LogP contribution in [-0.4, -0.2) is 10.9 Å². The van der Waals surface area contributed by atoms with E-state index < -0.39 is 5.91 Å². The normalized spacial score (nSPS) is 18.9. The van der Waals surface area contributed by atoms with Crippen LogP contribution < -0.4 is 11.2 Å². The van der Waals surface area contributed by atoms with Crippen LogP contribution in [0.15, 0.2) is 83.3 Å². The monoisotopic (exact) mass is 363 g/mol. The first-order valence-electron chi connectivity index (χ1n) is 8.42. The summed E-state index contributed by atoms with van der Waals surface area (Å²) in [6.07, 6.45) is 19.3. The van der Waals surface area contributed by atoms with Crippen molar-refractivity contribution in [3.63, 3.8) is 0 Å². The number of hydrogen-bond donors (Lipinski definition) is 2. The van der Waals surface area contributed by atoms with Crippen LogP contribution in [0.25, 0.3) is 0 Å². The zero-order valence-electron chi connectivity index (χ0n) is 15.3. The van der Waals surface area contributed by atoms with Gasteiger partial charge in [0.05, 0.1) is 17.3 Å². The summed E-state index contributed by atoms with van der Waals surface area (Å²) in [4.78, 5) is 11.5. The molecule has 5 heteroatoms. The van der Waals surface area contributed by atoms with Crippen molar-refractivity contribution in [1.82, 2.24) is 10.4 Å². The van der Waals surface area contributed by atoms with Gasteiger partial charge < -0.3 is 5.73 Å². The van der Waals surface area contributed by atoms with E-state index in [0.717, 1.165) is 22.4 Å². The molecule has 138 valence electrons. The number of carbonyl (C=O) groups excluding carboxylic acids is 1. The zero-order valence-corrected chi connectivity index (χ0v) is 15.3. The quantitative estimate of drug-likeness (QED) is 0.634. The summed E-state index contributed by atoms with van der Waals surface area (Å²) < 4.78 is 13.3. The van der Waals surface area contributed by atoms with Gasteiger partial charge in [-0.15, -0.1) is 12.8 Å². The van der Waals surface area contributed by atoms with Crippen molar-refractivity contribution >= 4 is 5.91 Å². The highest BCUT2D eigenvalue weighted by Gasteiger charge is 2.33. The summed E-state index contributed by atoms with van der Waals surface area (Å²) in [6, 6.07) is 6.25. The van der Waals surface area contributed by atoms with Gasteiger partial charge in [-0.2, -0.15) is 0 Å². The number of nitrogens with zero attached hydrogens (tertiary/aromatic N) is 1. The van der Waals surface area contributed by atoms with E-state index in [9.17, 15) is 9.18 Å². The Labute approximate surface area is 159 Å². The molecule has 2 heterocycles. The third-order valence-electron chi connectivity index (χ3n) is 4.24. The average molecular weight is 363 g/mol. The van der Waals surface area contributed by atoms with Crippen LogP contribution in [-0.2, 0) is 4.79 Å². The number of carbonyl (C=O) groups is 1. The summed E-state index contributed by atoms with van der Waals surface area (Å²) in [5.41, 5.74) is 13.2. The molecule has 0 radical (unpaired) electrons. The molecule has 0 spiro atoms. The molecule has 1 aromatic rings. The van der Waals surface area contributed by atoms with Gasteiger partial charge in [-0.1, -0.05) is 30.4 Å². The molecular formula is C22H22FN3O.